The predicted molar refractivity (Wildman–Crippen MR) is 83.0 cm³/mol. The van der Waals surface area contributed by atoms with Gasteiger partial charge in [0.25, 0.3) is 0 Å². The van der Waals surface area contributed by atoms with Crippen LogP contribution in [0.2, 0.25) is 0 Å². The Bertz CT molecular complexity index is 793. The molecule has 0 aliphatic carbocycles. The van der Waals surface area contributed by atoms with E-state index in [1.807, 2.05) is 12.1 Å². The number of benzene rings is 1. The average molecular weight is 362 g/mol. The second-order valence-electron chi connectivity index (χ2n) is 5.07. The van der Waals surface area contributed by atoms with Crippen molar-refractivity contribution in [2.45, 2.75) is 6.42 Å². The van der Waals surface area contributed by atoms with Gasteiger partial charge in [-0.25, -0.2) is 0 Å². The van der Waals surface area contributed by atoms with Gasteiger partial charge >= 0.3 is 0 Å². The molecular formula is C16H12BrNO4. The predicted octanol–water partition coefficient (Wildman–Crippen LogP) is 3.14. The van der Waals surface area contributed by atoms with Crippen LogP contribution >= 0.6 is 15.9 Å². The first-order chi connectivity index (χ1) is 10.7. The van der Waals surface area contributed by atoms with Gasteiger partial charge in [0.1, 0.15) is 0 Å². The number of ether oxygens (including phenoxy) is 2. The summed E-state index contributed by atoms with van der Waals surface area (Å²) in [5.41, 5.74) is 2.88. The number of furan rings is 1. The average Bonchev–Trinajstić information content (AvgIpc) is 3.13. The number of halogens is 1. The van der Waals surface area contributed by atoms with E-state index >= 15 is 0 Å². The van der Waals surface area contributed by atoms with Crippen LogP contribution in [-0.4, -0.2) is 19.1 Å². The fourth-order valence-electron chi connectivity index (χ4n) is 2.65. The van der Waals surface area contributed by atoms with Crippen LogP contribution < -0.4 is 14.8 Å². The molecule has 6 heteroatoms. The summed E-state index contributed by atoms with van der Waals surface area (Å²) in [5, 5.41) is 3.26. The van der Waals surface area contributed by atoms with Gasteiger partial charge in [0, 0.05) is 23.9 Å². The minimum absolute atomic E-state index is 0.182. The second-order valence-corrected chi connectivity index (χ2v) is 5.85. The van der Waals surface area contributed by atoms with Crippen molar-refractivity contribution in [1.82, 2.24) is 5.32 Å². The first-order valence-corrected chi connectivity index (χ1v) is 7.68. The summed E-state index contributed by atoms with van der Waals surface area (Å²) in [4.78, 5) is 12.3. The lowest BCUT2D eigenvalue weighted by Crippen LogP contribution is -2.23. The maximum Gasteiger partial charge on any atom is 0.231 e. The molecule has 3 heterocycles. The Morgan fingerprint density at radius 1 is 1.23 bits per heavy atom. The molecule has 2 aliphatic rings. The lowest BCUT2D eigenvalue weighted by Gasteiger charge is -2.21. The van der Waals surface area contributed by atoms with Crippen molar-refractivity contribution in [2.75, 3.05) is 13.3 Å². The van der Waals surface area contributed by atoms with E-state index in [-0.39, 0.29) is 12.6 Å². The number of carbonyl (C=O) groups excluding carboxylic acids is 1. The number of fused-ring (bicyclic) bond motifs is 2. The third kappa shape index (κ3) is 2.29. The summed E-state index contributed by atoms with van der Waals surface area (Å²) in [6, 6.07) is 7.25. The molecule has 1 aromatic carbocycles. The number of ketones is 1. The quantitative estimate of drug-likeness (QED) is 0.657. The topological polar surface area (TPSA) is 60.7 Å². The summed E-state index contributed by atoms with van der Waals surface area (Å²) in [7, 11) is 0. The third-order valence-electron chi connectivity index (χ3n) is 3.69. The molecule has 1 aromatic heterocycles. The van der Waals surface area contributed by atoms with Crippen molar-refractivity contribution in [1.29, 1.82) is 0 Å². The minimum Gasteiger partial charge on any atom is -0.454 e. The van der Waals surface area contributed by atoms with Crippen molar-refractivity contribution in [3.63, 3.8) is 0 Å². The molecule has 0 spiro atoms. The molecule has 0 saturated heterocycles. The van der Waals surface area contributed by atoms with E-state index in [0.29, 0.717) is 16.2 Å². The van der Waals surface area contributed by atoms with E-state index < -0.39 is 0 Å². The van der Waals surface area contributed by atoms with Gasteiger partial charge < -0.3 is 19.2 Å². The van der Waals surface area contributed by atoms with Gasteiger partial charge in [-0.15, -0.1) is 0 Å². The largest absolute Gasteiger partial charge is 0.454 e. The van der Waals surface area contributed by atoms with Crippen molar-refractivity contribution < 1.29 is 18.7 Å². The van der Waals surface area contributed by atoms with Gasteiger partial charge in [-0.05, 0) is 52.2 Å². The van der Waals surface area contributed by atoms with Crippen LogP contribution in [0.1, 0.15) is 21.7 Å². The summed E-state index contributed by atoms with van der Waals surface area (Å²) in [5.74, 6) is 1.59. The molecule has 2 aromatic rings. The molecule has 4 rings (SSSR count). The smallest absolute Gasteiger partial charge is 0.231 e. The molecule has 0 radical (unpaired) electrons. The van der Waals surface area contributed by atoms with E-state index in [1.165, 1.54) is 0 Å². The zero-order chi connectivity index (χ0) is 15.1. The molecule has 0 atom stereocenters. The Morgan fingerprint density at radius 3 is 2.82 bits per heavy atom. The molecule has 112 valence electrons. The molecule has 1 N–H and O–H groups in total. The monoisotopic (exact) mass is 361 g/mol. The second kappa shape index (κ2) is 5.21. The highest BCUT2D eigenvalue weighted by molar-refractivity contribution is 9.10. The van der Waals surface area contributed by atoms with E-state index in [2.05, 4.69) is 21.2 Å². The summed E-state index contributed by atoms with van der Waals surface area (Å²) < 4.78 is 16.7. The number of nitrogens with one attached hydrogen (secondary N) is 1. The Balaban J connectivity index is 1.72. The van der Waals surface area contributed by atoms with Gasteiger partial charge in [-0.3, -0.25) is 4.79 Å². The molecule has 0 saturated carbocycles. The van der Waals surface area contributed by atoms with Crippen LogP contribution in [0.4, 0.5) is 0 Å². The van der Waals surface area contributed by atoms with Gasteiger partial charge in [0.15, 0.2) is 21.9 Å². The van der Waals surface area contributed by atoms with Crippen LogP contribution in [0.3, 0.4) is 0 Å². The Morgan fingerprint density at radius 2 is 2.05 bits per heavy atom. The van der Waals surface area contributed by atoms with Crippen LogP contribution in [-0.2, 0) is 6.42 Å². The molecule has 22 heavy (non-hydrogen) atoms. The van der Waals surface area contributed by atoms with Gasteiger partial charge in [-0.1, -0.05) is 0 Å². The van der Waals surface area contributed by atoms with E-state index in [4.69, 9.17) is 13.9 Å². The standard InChI is InChI=1S/C16H12BrNO4/c17-16-2-1-13(22-16)12(19)7-11-10-6-15-14(20-8-21-15)5-9(10)3-4-18-11/h1-2,5-7,18H,3-4,8H2. The van der Waals surface area contributed by atoms with E-state index in [0.717, 1.165) is 35.5 Å². The molecule has 0 amide bonds. The highest BCUT2D eigenvalue weighted by Gasteiger charge is 2.22. The number of hydrogen-bond donors (Lipinski definition) is 1. The normalized spacial score (nSPS) is 17.2. The van der Waals surface area contributed by atoms with E-state index in [9.17, 15) is 4.79 Å². The zero-order valence-electron chi connectivity index (χ0n) is 11.5. The Labute approximate surface area is 135 Å². The van der Waals surface area contributed by atoms with Gasteiger partial charge in [0.05, 0.1) is 0 Å². The van der Waals surface area contributed by atoms with Crippen LogP contribution in [0, 0.1) is 0 Å². The summed E-state index contributed by atoms with van der Waals surface area (Å²) in [6.07, 6.45) is 2.44. The molecule has 5 nitrogen and oxygen atoms in total. The Hall–Kier alpha value is -2.21. The lowest BCUT2D eigenvalue weighted by molar-refractivity contribution is 0.102. The van der Waals surface area contributed by atoms with Crippen molar-refractivity contribution in [3.8, 4) is 11.5 Å². The highest BCUT2D eigenvalue weighted by atomic mass is 79.9. The van der Waals surface area contributed by atoms with Crippen molar-refractivity contribution >= 4 is 27.4 Å². The summed E-state index contributed by atoms with van der Waals surface area (Å²) >= 11 is 3.20. The number of rotatable bonds is 2. The molecule has 0 bridgehead atoms. The summed E-state index contributed by atoms with van der Waals surface area (Å²) in [6.45, 7) is 1.01. The van der Waals surface area contributed by atoms with Crippen LogP contribution in [0.25, 0.3) is 5.70 Å². The first kappa shape index (κ1) is 13.5. The number of hydrogen-bond acceptors (Lipinski definition) is 5. The van der Waals surface area contributed by atoms with Crippen LogP contribution in [0.5, 0.6) is 11.5 Å². The highest BCUT2D eigenvalue weighted by Crippen LogP contribution is 2.38. The maximum absolute atomic E-state index is 12.3. The molecule has 2 aliphatic heterocycles. The first-order valence-electron chi connectivity index (χ1n) is 6.89. The fourth-order valence-corrected chi connectivity index (χ4v) is 2.95. The van der Waals surface area contributed by atoms with Crippen molar-refractivity contribution in [2.24, 2.45) is 0 Å². The molecular weight excluding hydrogens is 350 g/mol. The lowest BCUT2D eigenvalue weighted by atomic mass is 9.96. The van der Waals surface area contributed by atoms with E-state index in [1.54, 1.807) is 18.2 Å². The van der Waals surface area contributed by atoms with Gasteiger partial charge in [0.2, 0.25) is 12.6 Å². The number of carbonyl (C=O) groups is 1. The van der Waals surface area contributed by atoms with Gasteiger partial charge in [-0.2, -0.15) is 0 Å². The maximum atomic E-state index is 12.3. The Kier molecular flexibility index (Phi) is 3.18. The van der Waals surface area contributed by atoms with Crippen LogP contribution in [0.15, 0.2) is 39.4 Å². The third-order valence-corrected chi connectivity index (χ3v) is 4.12. The zero-order valence-corrected chi connectivity index (χ0v) is 13.1. The minimum atomic E-state index is -0.182. The van der Waals surface area contributed by atoms with Crippen molar-refractivity contribution in [3.05, 3.63) is 51.9 Å². The SMILES string of the molecule is O=C(C=C1NCCc2cc3c(cc21)OCO3)c1ccc(Br)o1. The fraction of sp³-hybridized carbons (Fsp3) is 0.188. The molecule has 0 unspecified atom stereocenters. The number of allylic oxidation sites excluding steroid dienone is 1. The molecule has 0 fully saturated rings.